The van der Waals surface area contributed by atoms with Crippen LogP contribution in [0, 0.1) is 5.92 Å². The van der Waals surface area contributed by atoms with Gasteiger partial charge in [-0.2, -0.15) is 12.6 Å². The molecule has 0 aliphatic carbocycles. The molecule has 10 heavy (non-hydrogen) atoms. The van der Waals surface area contributed by atoms with Crippen LogP contribution in [0.1, 0.15) is 20.3 Å². The summed E-state index contributed by atoms with van der Waals surface area (Å²) in [4.78, 5) is 10.9. The van der Waals surface area contributed by atoms with Crippen molar-refractivity contribution >= 4 is 18.6 Å². The summed E-state index contributed by atoms with van der Waals surface area (Å²) in [5.74, 6) is 0.429. The molecule has 0 aromatic heterocycles. The maximum absolute atomic E-state index is 10.9. The van der Waals surface area contributed by atoms with Crippen LogP contribution in [-0.4, -0.2) is 18.3 Å². The number of ether oxygens (including phenoxy) is 1. The monoisotopic (exact) mass is 162 g/mol. The van der Waals surface area contributed by atoms with Gasteiger partial charge in [-0.3, -0.25) is 4.79 Å². The van der Waals surface area contributed by atoms with Crippen LogP contribution in [0.4, 0.5) is 0 Å². The van der Waals surface area contributed by atoms with Crippen LogP contribution in [0.15, 0.2) is 0 Å². The van der Waals surface area contributed by atoms with Crippen LogP contribution in [0.2, 0.25) is 0 Å². The average molecular weight is 162 g/mol. The minimum Gasteiger partial charge on any atom is -0.466 e. The summed E-state index contributed by atoms with van der Waals surface area (Å²) in [6.45, 7) is 4.23. The van der Waals surface area contributed by atoms with Gasteiger partial charge in [0.1, 0.15) is 0 Å². The standard InChI is InChI=1S/C7H14O2S/c1-3-6(5-10)7(8)9-4-2/h6,10H,3-5H2,1-2H3. The largest absolute Gasteiger partial charge is 0.466 e. The first-order valence-electron chi connectivity index (χ1n) is 3.53. The molecule has 60 valence electrons. The van der Waals surface area contributed by atoms with E-state index >= 15 is 0 Å². The smallest absolute Gasteiger partial charge is 0.309 e. The highest BCUT2D eigenvalue weighted by molar-refractivity contribution is 7.80. The van der Waals surface area contributed by atoms with Crippen molar-refractivity contribution in [3.63, 3.8) is 0 Å². The fourth-order valence-electron chi connectivity index (χ4n) is 0.630. The lowest BCUT2D eigenvalue weighted by Gasteiger charge is -2.09. The van der Waals surface area contributed by atoms with Gasteiger partial charge in [-0.1, -0.05) is 6.92 Å². The van der Waals surface area contributed by atoms with Crippen molar-refractivity contribution in [3.8, 4) is 0 Å². The zero-order chi connectivity index (χ0) is 7.98. The molecular formula is C7H14O2S. The molecule has 0 saturated heterocycles. The van der Waals surface area contributed by atoms with Crippen molar-refractivity contribution in [2.75, 3.05) is 12.4 Å². The van der Waals surface area contributed by atoms with Gasteiger partial charge in [0.25, 0.3) is 0 Å². The number of thiol groups is 1. The van der Waals surface area contributed by atoms with Crippen molar-refractivity contribution < 1.29 is 9.53 Å². The summed E-state index contributed by atoms with van der Waals surface area (Å²) < 4.78 is 4.80. The third-order valence-corrected chi connectivity index (χ3v) is 1.77. The SMILES string of the molecule is CCOC(=O)C(CC)CS. The molecule has 0 saturated carbocycles. The molecule has 0 heterocycles. The third-order valence-electron chi connectivity index (χ3n) is 1.33. The van der Waals surface area contributed by atoms with E-state index in [-0.39, 0.29) is 11.9 Å². The summed E-state index contributed by atoms with van der Waals surface area (Å²) in [5.41, 5.74) is 0. The molecular weight excluding hydrogens is 148 g/mol. The fourth-order valence-corrected chi connectivity index (χ4v) is 1.04. The molecule has 0 rings (SSSR count). The molecule has 0 radical (unpaired) electrons. The highest BCUT2D eigenvalue weighted by Gasteiger charge is 2.14. The van der Waals surface area contributed by atoms with Gasteiger partial charge in [0.15, 0.2) is 0 Å². The van der Waals surface area contributed by atoms with E-state index in [1.807, 2.05) is 13.8 Å². The molecule has 0 aromatic rings. The van der Waals surface area contributed by atoms with Crippen molar-refractivity contribution in [2.45, 2.75) is 20.3 Å². The van der Waals surface area contributed by atoms with Gasteiger partial charge in [-0.25, -0.2) is 0 Å². The fraction of sp³-hybridized carbons (Fsp3) is 0.857. The summed E-state index contributed by atoms with van der Waals surface area (Å²) in [5, 5.41) is 0. The summed E-state index contributed by atoms with van der Waals surface area (Å²) in [6, 6.07) is 0. The lowest BCUT2D eigenvalue weighted by Crippen LogP contribution is -2.18. The van der Waals surface area contributed by atoms with Crippen LogP contribution in [-0.2, 0) is 9.53 Å². The van der Waals surface area contributed by atoms with Crippen LogP contribution in [0.5, 0.6) is 0 Å². The summed E-state index contributed by atoms with van der Waals surface area (Å²) >= 11 is 4.03. The van der Waals surface area contributed by atoms with Gasteiger partial charge in [0, 0.05) is 5.75 Å². The van der Waals surface area contributed by atoms with Gasteiger partial charge >= 0.3 is 5.97 Å². The minimum atomic E-state index is -0.125. The molecule has 1 unspecified atom stereocenters. The Morgan fingerprint density at radius 2 is 2.20 bits per heavy atom. The molecule has 3 heteroatoms. The highest BCUT2D eigenvalue weighted by Crippen LogP contribution is 2.06. The molecule has 0 spiro atoms. The Morgan fingerprint density at radius 1 is 1.60 bits per heavy atom. The number of carbonyl (C=O) groups excluding carboxylic acids is 1. The topological polar surface area (TPSA) is 26.3 Å². The number of hydrogen-bond acceptors (Lipinski definition) is 3. The van der Waals surface area contributed by atoms with E-state index in [2.05, 4.69) is 12.6 Å². The normalized spacial score (nSPS) is 12.7. The first-order chi connectivity index (χ1) is 4.76. The van der Waals surface area contributed by atoms with Crippen LogP contribution in [0.25, 0.3) is 0 Å². The van der Waals surface area contributed by atoms with Crippen LogP contribution < -0.4 is 0 Å². The van der Waals surface area contributed by atoms with E-state index < -0.39 is 0 Å². The Kier molecular flexibility index (Phi) is 5.49. The maximum atomic E-state index is 10.9. The number of hydrogen-bond donors (Lipinski definition) is 1. The lowest BCUT2D eigenvalue weighted by molar-refractivity contribution is -0.147. The first kappa shape index (κ1) is 9.82. The average Bonchev–Trinajstić information content (AvgIpc) is 1.91. The van der Waals surface area contributed by atoms with Crippen molar-refractivity contribution in [1.82, 2.24) is 0 Å². The Bertz CT molecular complexity index is 99.8. The molecule has 0 aliphatic heterocycles. The Hall–Kier alpha value is -0.180. The number of esters is 1. The van der Waals surface area contributed by atoms with Crippen molar-refractivity contribution in [3.05, 3.63) is 0 Å². The quantitative estimate of drug-likeness (QED) is 0.501. The summed E-state index contributed by atoms with van der Waals surface area (Å²) in [6.07, 6.45) is 0.808. The zero-order valence-electron chi connectivity index (χ0n) is 6.46. The highest BCUT2D eigenvalue weighted by atomic mass is 32.1. The number of rotatable bonds is 4. The minimum absolute atomic E-state index is 0.0247. The van der Waals surface area contributed by atoms with Gasteiger partial charge < -0.3 is 4.74 Å². The Balaban J connectivity index is 3.65. The Morgan fingerprint density at radius 3 is 2.50 bits per heavy atom. The van der Waals surface area contributed by atoms with E-state index in [4.69, 9.17) is 4.74 Å². The number of carbonyl (C=O) groups is 1. The van der Waals surface area contributed by atoms with E-state index in [9.17, 15) is 4.79 Å². The second-order valence-electron chi connectivity index (χ2n) is 2.04. The maximum Gasteiger partial charge on any atom is 0.309 e. The first-order valence-corrected chi connectivity index (χ1v) is 4.16. The second kappa shape index (κ2) is 5.59. The van der Waals surface area contributed by atoms with Crippen molar-refractivity contribution in [1.29, 1.82) is 0 Å². The van der Waals surface area contributed by atoms with Gasteiger partial charge in [0.05, 0.1) is 12.5 Å². The summed E-state index contributed by atoms with van der Waals surface area (Å²) in [7, 11) is 0. The molecule has 0 fully saturated rings. The van der Waals surface area contributed by atoms with E-state index in [1.54, 1.807) is 0 Å². The van der Waals surface area contributed by atoms with E-state index in [0.29, 0.717) is 12.4 Å². The second-order valence-corrected chi connectivity index (χ2v) is 2.40. The molecule has 2 nitrogen and oxygen atoms in total. The molecule has 0 aromatic carbocycles. The van der Waals surface area contributed by atoms with Crippen LogP contribution in [0.3, 0.4) is 0 Å². The Labute approximate surface area is 67.4 Å². The zero-order valence-corrected chi connectivity index (χ0v) is 7.36. The van der Waals surface area contributed by atoms with Crippen molar-refractivity contribution in [2.24, 2.45) is 5.92 Å². The predicted octanol–water partition coefficient (Wildman–Crippen LogP) is 1.51. The van der Waals surface area contributed by atoms with Gasteiger partial charge in [-0.15, -0.1) is 0 Å². The molecule has 0 amide bonds. The van der Waals surface area contributed by atoms with E-state index in [1.165, 1.54) is 0 Å². The van der Waals surface area contributed by atoms with Crippen LogP contribution >= 0.6 is 12.6 Å². The predicted molar refractivity (Wildman–Crippen MR) is 44.3 cm³/mol. The van der Waals surface area contributed by atoms with Gasteiger partial charge in [-0.05, 0) is 13.3 Å². The molecule has 0 bridgehead atoms. The molecule has 0 aliphatic rings. The third kappa shape index (κ3) is 3.11. The molecule has 0 N–H and O–H groups in total. The molecule has 1 atom stereocenters. The lowest BCUT2D eigenvalue weighted by atomic mass is 10.1. The van der Waals surface area contributed by atoms with E-state index in [0.717, 1.165) is 6.42 Å². The van der Waals surface area contributed by atoms with Gasteiger partial charge in [0.2, 0.25) is 0 Å².